The summed E-state index contributed by atoms with van der Waals surface area (Å²) in [6, 6.07) is 1.79. The molecular weight excluding hydrogens is 262 g/mol. The van der Waals surface area contributed by atoms with Crippen LogP contribution in [0.15, 0.2) is 35.4 Å². The maximum Gasteiger partial charge on any atom is 0.358 e. The first kappa shape index (κ1) is 12.2. The highest BCUT2D eigenvalue weighted by molar-refractivity contribution is 5.92. The van der Waals surface area contributed by atoms with E-state index in [0.717, 1.165) is 5.56 Å². The van der Waals surface area contributed by atoms with Gasteiger partial charge >= 0.3 is 5.97 Å². The summed E-state index contributed by atoms with van der Waals surface area (Å²) < 4.78 is 8.11. The van der Waals surface area contributed by atoms with Crippen molar-refractivity contribution < 1.29 is 14.3 Å². The van der Waals surface area contributed by atoms with Crippen molar-refractivity contribution in [3.63, 3.8) is 0 Å². The van der Waals surface area contributed by atoms with Gasteiger partial charge in [-0.15, -0.1) is 5.10 Å². The number of aromatic carboxylic acids is 1. The lowest BCUT2D eigenvalue weighted by Gasteiger charge is -2.03. The zero-order valence-corrected chi connectivity index (χ0v) is 10.6. The fraction of sp³-hybridized carbons (Fsp3) is 0.167. The van der Waals surface area contributed by atoms with Crippen LogP contribution in [0.3, 0.4) is 0 Å². The molecule has 0 bridgehead atoms. The van der Waals surface area contributed by atoms with E-state index >= 15 is 0 Å². The van der Waals surface area contributed by atoms with Gasteiger partial charge in [0.1, 0.15) is 5.69 Å². The number of carboxylic acid groups (broad SMARTS) is 1. The highest BCUT2D eigenvalue weighted by Gasteiger charge is 2.21. The van der Waals surface area contributed by atoms with E-state index in [0.29, 0.717) is 17.8 Å². The van der Waals surface area contributed by atoms with E-state index in [1.54, 1.807) is 42.7 Å². The SMILES string of the molecule is Cn1cc(-c2c(C(=O)O)nnn2Cc2ccoc2)cn1. The van der Waals surface area contributed by atoms with E-state index in [4.69, 9.17) is 4.42 Å². The molecule has 3 heterocycles. The molecule has 0 saturated heterocycles. The first-order chi connectivity index (χ1) is 9.65. The molecule has 8 nitrogen and oxygen atoms in total. The average Bonchev–Trinajstić information content (AvgIpc) is 3.09. The Morgan fingerprint density at radius 3 is 2.95 bits per heavy atom. The van der Waals surface area contributed by atoms with Crippen LogP contribution in [0, 0.1) is 0 Å². The second kappa shape index (κ2) is 4.65. The summed E-state index contributed by atoms with van der Waals surface area (Å²) in [6.45, 7) is 0.376. The summed E-state index contributed by atoms with van der Waals surface area (Å²) in [5, 5.41) is 20.9. The molecule has 8 heteroatoms. The number of nitrogens with zero attached hydrogens (tertiary/aromatic N) is 5. The maximum absolute atomic E-state index is 11.3. The third-order valence-corrected chi connectivity index (χ3v) is 2.83. The standard InChI is InChI=1S/C12H11N5O3/c1-16-6-9(4-13-16)11-10(12(18)19)14-15-17(11)5-8-2-3-20-7-8/h2-4,6-7H,5H2,1H3,(H,18,19). The fourth-order valence-corrected chi connectivity index (χ4v) is 1.95. The topological polar surface area (TPSA) is 99.0 Å². The highest BCUT2D eigenvalue weighted by Crippen LogP contribution is 2.22. The molecule has 0 aromatic carbocycles. The number of furan rings is 1. The Kier molecular flexibility index (Phi) is 2.82. The molecule has 0 unspecified atom stereocenters. The van der Waals surface area contributed by atoms with Crippen LogP contribution in [-0.2, 0) is 13.6 Å². The first-order valence-electron chi connectivity index (χ1n) is 5.82. The van der Waals surface area contributed by atoms with Gasteiger partial charge in [0.15, 0.2) is 5.69 Å². The Labute approximate surface area is 113 Å². The van der Waals surface area contributed by atoms with Crippen molar-refractivity contribution in [2.75, 3.05) is 0 Å². The number of aromatic nitrogens is 5. The van der Waals surface area contributed by atoms with Gasteiger partial charge in [-0.1, -0.05) is 5.21 Å². The Hall–Kier alpha value is -2.90. The van der Waals surface area contributed by atoms with Crippen LogP contribution in [0.25, 0.3) is 11.3 Å². The molecule has 0 aliphatic heterocycles. The molecule has 0 amide bonds. The first-order valence-corrected chi connectivity index (χ1v) is 5.82. The van der Waals surface area contributed by atoms with Crippen molar-refractivity contribution in [2.45, 2.75) is 6.54 Å². The lowest BCUT2D eigenvalue weighted by atomic mass is 10.2. The van der Waals surface area contributed by atoms with Gasteiger partial charge in [-0.25, -0.2) is 9.48 Å². The van der Waals surface area contributed by atoms with Gasteiger partial charge in [0.25, 0.3) is 0 Å². The van der Waals surface area contributed by atoms with Gasteiger partial charge in [0.2, 0.25) is 0 Å². The minimum atomic E-state index is -1.12. The number of carboxylic acids is 1. The Bertz CT molecular complexity index is 741. The van der Waals surface area contributed by atoms with Crippen LogP contribution in [0.4, 0.5) is 0 Å². The molecule has 20 heavy (non-hydrogen) atoms. The van der Waals surface area contributed by atoms with Crippen LogP contribution in [0.5, 0.6) is 0 Å². The van der Waals surface area contributed by atoms with Gasteiger partial charge in [-0.05, 0) is 6.07 Å². The minimum Gasteiger partial charge on any atom is -0.476 e. The summed E-state index contributed by atoms with van der Waals surface area (Å²) in [4.78, 5) is 11.3. The van der Waals surface area contributed by atoms with Crippen molar-refractivity contribution in [2.24, 2.45) is 7.05 Å². The Morgan fingerprint density at radius 2 is 2.35 bits per heavy atom. The second-order valence-electron chi connectivity index (χ2n) is 4.28. The van der Waals surface area contributed by atoms with Crippen molar-refractivity contribution in [3.8, 4) is 11.3 Å². The molecule has 0 fully saturated rings. The Morgan fingerprint density at radius 1 is 1.50 bits per heavy atom. The van der Waals surface area contributed by atoms with Gasteiger partial charge in [0, 0.05) is 24.4 Å². The van der Waals surface area contributed by atoms with Gasteiger partial charge in [0.05, 0.1) is 25.3 Å². The van der Waals surface area contributed by atoms with E-state index < -0.39 is 5.97 Å². The van der Waals surface area contributed by atoms with Crippen LogP contribution in [-0.4, -0.2) is 35.9 Å². The molecule has 0 aliphatic carbocycles. The van der Waals surface area contributed by atoms with E-state index in [1.165, 1.54) is 4.68 Å². The van der Waals surface area contributed by atoms with Crippen LogP contribution in [0.2, 0.25) is 0 Å². The van der Waals surface area contributed by atoms with Crippen LogP contribution in [0.1, 0.15) is 16.1 Å². The molecule has 1 N–H and O–H groups in total. The molecular formula is C12H11N5O3. The van der Waals surface area contributed by atoms with E-state index in [-0.39, 0.29) is 5.69 Å². The van der Waals surface area contributed by atoms with E-state index in [9.17, 15) is 9.90 Å². The predicted octanol–water partition coefficient (Wildman–Crippen LogP) is 1.02. The molecule has 3 aromatic rings. The van der Waals surface area contributed by atoms with E-state index in [2.05, 4.69) is 15.4 Å². The highest BCUT2D eigenvalue weighted by atomic mass is 16.4. The van der Waals surface area contributed by atoms with E-state index in [1.807, 2.05) is 0 Å². The van der Waals surface area contributed by atoms with Gasteiger partial charge in [-0.3, -0.25) is 4.68 Å². The largest absolute Gasteiger partial charge is 0.476 e. The maximum atomic E-state index is 11.3. The number of aryl methyl sites for hydroxylation is 1. The summed E-state index contributed by atoms with van der Waals surface area (Å²) in [5.41, 5.74) is 1.85. The fourth-order valence-electron chi connectivity index (χ4n) is 1.95. The Balaban J connectivity index is 2.08. The monoisotopic (exact) mass is 273 g/mol. The molecule has 3 rings (SSSR count). The number of hydrogen-bond acceptors (Lipinski definition) is 5. The van der Waals surface area contributed by atoms with Crippen molar-refractivity contribution in [1.82, 2.24) is 24.8 Å². The predicted molar refractivity (Wildman–Crippen MR) is 67.0 cm³/mol. The van der Waals surface area contributed by atoms with Gasteiger partial charge in [-0.2, -0.15) is 5.10 Å². The van der Waals surface area contributed by atoms with Crippen LogP contribution < -0.4 is 0 Å². The zero-order valence-electron chi connectivity index (χ0n) is 10.6. The summed E-state index contributed by atoms with van der Waals surface area (Å²) >= 11 is 0. The van der Waals surface area contributed by atoms with Gasteiger partial charge < -0.3 is 9.52 Å². The number of hydrogen-bond donors (Lipinski definition) is 1. The minimum absolute atomic E-state index is 0.0958. The van der Waals surface area contributed by atoms with Crippen molar-refractivity contribution >= 4 is 5.97 Å². The molecule has 0 saturated carbocycles. The summed E-state index contributed by atoms with van der Waals surface area (Å²) in [6.07, 6.45) is 6.43. The molecule has 0 aliphatic rings. The average molecular weight is 273 g/mol. The van der Waals surface area contributed by atoms with Crippen LogP contribution >= 0.6 is 0 Å². The summed E-state index contributed by atoms with van der Waals surface area (Å²) in [7, 11) is 1.76. The van der Waals surface area contributed by atoms with Crippen molar-refractivity contribution in [1.29, 1.82) is 0 Å². The normalized spacial score (nSPS) is 10.8. The number of rotatable bonds is 4. The molecule has 102 valence electrons. The smallest absolute Gasteiger partial charge is 0.358 e. The summed E-state index contributed by atoms with van der Waals surface area (Å²) in [5.74, 6) is -1.12. The molecule has 3 aromatic heterocycles. The third kappa shape index (κ3) is 2.07. The lowest BCUT2D eigenvalue weighted by molar-refractivity contribution is 0.0691. The number of carbonyl (C=O) groups is 1. The van der Waals surface area contributed by atoms with Crippen molar-refractivity contribution in [3.05, 3.63) is 42.2 Å². The zero-order chi connectivity index (χ0) is 14.1. The second-order valence-corrected chi connectivity index (χ2v) is 4.28. The quantitative estimate of drug-likeness (QED) is 0.761. The molecule has 0 radical (unpaired) electrons. The lowest BCUT2D eigenvalue weighted by Crippen LogP contribution is -2.05. The molecule has 0 spiro atoms. The third-order valence-electron chi connectivity index (χ3n) is 2.83. The molecule has 0 atom stereocenters.